The fourth-order valence-corrected chi connectivity index (χ4v) is 3.76. The molecule has 0 unspecified atom stereocenters. The van der Waals surface area contributed by atoms with Crippen LogP contribution in [0.1, 0.15) is 5.56 Å². The molecule has 2 aromatic carbocycles. The number of aromatic nitrogens is 8. The van der Waals surface area contributed by atoms with Crippen LogP contribution in [0.25, 0.3) is 39.9 Å². The van der Waals surface area contributed by atoms with Gasteiger partial charge in [-0.3, -0.25) is 9.67 Å². The molecular formula is C25H17FN8O. The van der Waals surface area contributed by atoms with E-state index in [1.54, 1.807) is 48.9 Å². The first-order chi connectivity index (χ1) is 17.3. The fourth-order valence-electron chi connectivity index (χ4n) is 3.76. The Morgan fingerprint density at radius 3 is 2.46 bits per heavy atom. The molecule has 0 spiro atoms. The third-order valence-corrected chi connectivity index (χ3v) is 5.45. The second-order valence-electron chi connectivity index (χ2n) is 7.71. The van der Waals surface area contributed by atoms with E-state index in [9.17, 15) is 4.39 Å². The molecule has 0 saturated carbocycles. The molecule has 0 N–H and O–H groups in total. The Bertz CT molecular complexity index is 1570. The summed E-state index contributed by atoms with van der Waals surface area (Å²) in [6.07, 6.45) is 6.94. The molecule has 35 heavy (non-hydrogen) atoms. The maximum atomic E-state index is 14.6. The molecule has 0 aliphatic rings. The van der Waals surface area contributed by atoms with Crippen LogP contribution in [0.5, 0.6) is 0 Å². The van der Waals surface area contributed by atoms with E-state index in [-0.39, 0.29) is 11.6 Å². The first-order valence-corrected chi connectivity index (χ1v) is 10.8. The van der Waals surface area contributed by atoms with Crippen molar-refractivity contribution in [1.82, 2.24) is 39.9 Å². The molecule has 9 nitrogen and oxygen atoms in total. The minimum absolute atomic E-state index is 0.176. The number of para-hydroxylation sites is 1. The Kier molecular flexibility index (Phi) is 5.15. The highest BCUT2D eigenvalue weighted by Crippen LogP contribution is 2.32. The van der Waals surface area contributed by atoms with Gasteiger partial charge in [0.15, 0.2) is 5.69 Å². The van der Waals surface area contributed by atoms with Gasteiger partial charge in [-0.1, -0.05) is 46.8 Å². The number of hydrogen-bond donors (Lipinski definition) is 0. The van der Waals surface area contributed by atoms with Crippen molar-refractivity contribution in [3.63, 3.8) is 0 Å². The van der Waals surface area contributed by atoms with Gasteiger partial charge in [-0.25, -0.2) is 9.07 Å². The monoisotopic (exact) mass is 464 g/mol. The van der Waals surface area contributed by atoms with Gasteiger partial charge in [-0.2, -0.15) is 10.1 Å². The lowest BCUT2D eigenvalue weighted by atomic mass is 10.1. The van der Waals surface area contributed by atoms with Gasteiger partial charge in [0.1, 0.15) is 17.2 Å². The third kappa shape index (κ3) is 3.97. The summed E-state index contributed by atoms with van der Waals surface area (Å²) >= 11 is 0. The molecule has 6 aromatic rings. The average molecular weight is 464 g/mol. The second kappa shape index (κ2) is 8.75. The van der Waals surface area contributed by atoms with Crippen molar-refractivity contribution >= 4 is 0 Å². The molecule has 6 rings (SSSR count). The third-order valence-electron chi connectivity index (χ3n) is 5.45. The van der Waals surface area contributed by atoms with Gasteiger partial charge >= 0.3 is 0 Å². The van der Waals surface area contributed by atoms with Crippen molar-refractivity contribution < 1.29 is 8.91 Å². The minimum atomic E-state index is -0.430. The van der Waals surface area contributed by atoms with E-state index in [4.69, 9.17) is 4.52 Å². The van der Waals surface area contributed by atoms with Crippen LogP contribution in [0, 0.1) is 5.82 Å². The molecule has 0 radical (unpaired) electrons. The summed E-state index contributed by atoms with van der Waals surface area (Å²) in [5.41, 5.74) is 3.72. The highest BCUT2D eigenvalue weighted by atomic mass is 19.1. The first kappa shape index (κ1) is 20.6. The highest BCUT2D eigenvalue weighted by Gasteiger charge is 2.24. The lowest BCUT2D eigenvalue weighted by molar-refractivity contribution is 0.431. The van der Waals surface area contributed by atoms with Crippen molar-refractivity contribution in [3.05, 3.63) is 103 Å². The van der Waals surface area contributed by atoms with Gasteiger partial charge in [0.25, 0.3) is 5.89 Å². The molecule has 0 aliphatic carbocycles. The van der Waals surface area contributed by atoms with Crippen LogP contribution in [0.3, 0.4) is 0 Å². The Morgan fingerprint density at radius 2 is 1.69 bits per heavy atom. The maximum absolute atomic E-state index is 14.6. The zero-order valence-electron chi connectivity index (χ0n) is 18.2. The van der Waals surface area contributed by atoms with E-state index in [0.29, 0.717) is 23.8 Å². The van der Waals surface area contributed by atoms with E-state index in [0.717, 1.165) is 16.7 Å². The molecule has 0 atom stereocenters. The molecule has 0 amide bonds. The van der Waals surface area contributed by atoms with Crippen LogP contribution in [0.2, 0.25) is 0 Å². The molecule has 4 heterocycles. The van der Waals surface area contributed by atoms with Crippen LogP contribution in [0.15, 0.2) is 96.0 Å². The van der Waals surface area contributed by atoms with E-state index in [1.165, 1.54) is 10.7 Å². The van der Waals surface area contributed by atoms with Crippen molar-refractivity contribution in [3.8, 4) is 39.9 Å². The number of hydrogen-bond acceptors (Lipinski definition) is 7. The van der Waals surface area contributed by atoms with Gasteiger partial charge in [0.2, 0.25) is 5.82 Å². The van der Waals surface area contributed by atoms with Crippen LogP contribution >= 0.6 is 0 Å². The summed E-state index contributed by atoms with van der Waals surface area (Å²) in [5, 5.41) is 16.8. The normalized spacial score (nSPS) is 11.1. The van der Waals surface area contributed by atoms with Gasteiger partial charge in [-0.15, -0.1) is 5.10 Å². The van der Waals surface area contributed by atoms with Gasteiger partial charge in [0, 0.05) is 35.9 Å². The van der Waals surface area contributed by atoms with Crippen molar-refractivity contribution in [1.29, 1.82) is 0 Å². The molecular weight excluding hydrogens is 447 g/mol. The van der Waals surface area contributed by atoms with Gasteiger partial charge in [-0.05, 0) is 35.9 Å². The molecule has 4 aromatic heterocycles. The molecule has 170 valence electrons. The SMILES string of the molecule is Fc1ccccc1-n1nnc(-c2nc(-c3ccc(Cn4cccn4)cc3)no2)c1-c1ccncc1. The van der Waals surface area contributed by atoms with E-state index in [1.807, 2.05) is 41.2 Å². The number of nitrogens with zero attached hydrogens (tertiary/aromatic N) is 8. The zero-order chi connectivity index (χ0) is 23.6. The van der Waals surface area contributed by atoms with Gasteiger partial charge < -0.3 is 4.52 Å². The van der Waals surface area contributed by atoms with Crippen LogP contribution in [-0.4, -0.2) is 39.9 Å². The molecule has 0 aliphatic heterocycles. The smallest absolute Gasteiger partial charge is 0.281 e. The standard InChI is InChI=1S/C25H17FN8O/c26-20-4-1-2-5-21(20)34-23(18-10-13-27-14-11-18)22(30-32-34)25-29-24(31-35-25)19-8-6-17(7-9-19)16-33-15-3-12-28-33/h1-15H,16H2. The Hall–Kier alpha value is -4.99. The summed E-state index contributed by atoms with van der Waals surface area (Å²) in [7, 11) is 0. The lowest BCUT2D eigenvalue weighted by Gasteiger charge is -2.08. The summed E-state index contributed by atoms with van der Waals surface area (Å²) in [4.78, 5) is 8.62. The number of halogens is 1. The minimum Gasteiger partial charge on any atom is -0.332 e. The predicted molar refractivity (Wildman–Crippen MR) is 125 cm³/mol. The summed E-state index contributed by atoms with van der Waals surface area (Å²) < 4.78 is 23.4. The predicted octanol–water partition coefficient (Wildman–Crippen LogP) is 4.43. The molecule has 0 fully saturated rings. The lowest BCUT2D eigenvalue weighted by Crippen LogP contribution is -2.02. The summed E-state index contributed by atoms with van der Waals surface area (Å²) in [6.45, 7) is 0.666. The average Bonchev–Trinajstić information content (AvgIpc) is 3.66. The summed E-state index contributed by atoms with van der Waals surface area (Å²) in [6, 6.07) is 19.6. The Balaban J connectivity index is 1.37. The van der Waals surface area contributed by atoms with Crippen LogP contribution < -0.4 is 0 Å². The van der Waals surface area contributed by atoms with E-state index < -0.39 is 5.82 Å². The molecule has 0 bridgehead atoms. The van der Waals surface area contributed by atoms with Crippen molar-refractivity contribution in [2.75, 3.05) is 0 Å². The highest BCUT2D eigenvalue weighted by molar-refractivity contribution is 5.76. The quantitative estimate of drug-likeness (QED) is 0.359. The van der Waals surface area contributed by atoms with Crippen LogP contribution in [0.4, 0.5) is 4.39 Å². The van der Waals surface area contributed by atoms with Crippen molar-refractivity contribution in [2.24, 2.45) is 0 Å². The maximum Gasteiger partial charge on any atom is 0.281 e. The molecule has 0 saturated heterocycles. The number of pyridine rings is 1. The fraction of sp³-hybridized carbons (Fsp3) is 0.0400. The topological polar surface area (TPSA) is 100 Å². The number of rotatable bonds is 6. The first-order valence-electron chi connectivity index (χ1n) is 10.8. The van der Waals surface area contributed by atoms with E-state index in [2.05, 4.69) is 30.5 Å². The van der Waals surface area contributed by atoms with Gasteiger partial charge in [0.05, 0.1) is 6.54 Å². The van der Waals surface area contributed by atoms with Crippen molar-refractivity contribution in [2.45, 2.75) is 6.54 Å². The zero-order valence-corrected chi connectivity index (χ0v) is 18.2. The Morgan fingerprint density at radius 1 is 0.857 bits per heavy atom. The second-order valence-corrected chi connectivity index (χ2v) is 7.71. The Labute approximate surface area is 198 Å². The van der Waals surface area contributed by atoms with E-state index >= 15 is 0 Å². The molecule has 10 heteroatoms. The largest absolute Gasteiger partial charge is 0.332 e. The summed E-state index contributed by atoms with van der Waals surface area (Å²) in [5.74, 6) is 0.155. The van der Waals surface area contributed by atoms with Crippen LogP contribution in [-0.2, 0) is 6.54 Å². The number of benzene rings is 2.